The molecule has 1 aromatic rings. The number of amides is 1. The molecule has 0 atom stereocenters. The molecular weight excluding hydrogens is 308 g/mol. The molecule has 0 aliphatic heterocycles. The summed E-state index contributed by atoms with van der Waals surface area (Å²) in [4.78, 5) is 24.2. The summed E-state index contributed by atoms with van der Waals surface area (Å²) < 4.78 is 0.747. The summed E-state index contributed by atoms with van der Waals surface area (Å²) in [6.07, 6.45) is 0. The molecular formula is C13H21BrN4O. The number of halogens is 1. The third-order valence-electron chi connectivity index (χ3n) is 2.75. The number of hydrogen-bond donors (Lipinski definition) is 0. The average Bonchev–Trinajstić information content (AvgIpc) is 2.34. The van der Waals surface area contributed by atoms with E-state index in [-0.39, 0.29) is 11.8 Å². The second-order valence-corrected chi connectivity index (χ2v) is 5.68. The average molecular weight is 329 g/mol. The Hall–Kier alpha value is -1.17. The minimum atomic E-state index is 0.0580. The first-order valence-electron chi connectivity index (χ1n) is 6.34. The van der Waals surface area contributed by atoms with Crippen LogP contribution in [0.25, 0.3) is 0 Å². The molecule has 106 valence electrons. The van der Waals surface area contributed by atoms with Gasteiger partial charge in [0.15, 0.2) is 0 Å². The minimum Gasteiger partial charge on any atom is -0.347 e. The first kappa shape index (κ1) is 15.9. The quantitative estimate of drug-likeness (QED) is 0.778. The lowest BCUT2D eigenvalue weighted by Gasteiger charge is -2.24. The van der Waals surface area contributed by atoms with Crippen LogP contribution in [0.5, 0.6) is 0 Å². The largest absolute Gasteiger partial charge is 0.347 e. The van der Waals surface area contributed by atoms with Crippen molar-refractivity contribution in [3.05, 3.63) is 16.5 Å². The number of anilines is 1. The fraction of sp³-hybridized carbons (Fsp3) is 0.615. The van der Waals surface area contributed by atoms with E-state index >= 15 is 0 Å². The lowest BCUT2D eigenvalue weighted by molar-refractivity contribution is -0.127. The van der Waals surface area contributed by atoms with Crippen LogP contribution in [0.1, 0.15) is 32.5 Å². The van der Waals surface area contributed by atoms with Gasteiger partial charge < -0.3 is 9.80 Å². The van der Waals surface area contributed by atoms with E-state index < -0.39 is 0 Å². The summed E-state index contributed by atoms with van der Waals surface area (Å²) in [6.45, 7) is 7.15. The van der Waals surface area contributed by atoms with Gasteiger partial charge in [-0.25, -0.2) is 9.97 Å². The number of hydrogen-bond acceptors (Lipinski definition) is 4. The lowest BCUT2D eigenvalue weighted by Crippen LogP contribution is -2.37. The van der Waals surface area contributed by atoms with Gasteiger partial charge in [-0.3, -0.25) is 4.79 Å². The predicted molar refractivity (Wildman–Crippen MR) is 80.4 cm³/mol. The van der Waals surface area contributed by atoms with Crippen LogP contribution in [0.4, 0.5) is 5.82 Å². The second-order valence-electron chi connectivity index (χ2n) is 4.86. The molecule has 1 rings (SSSR count). The van der Waals surface area contributed by atoms with Crippen molar-refractivity contribution in [3.8, 4) is 0 Å². The monoisotopic (exact) mass is 328 g/mol. The van der Waals surface area contributed by atoms with E-state index in [4.69, 9.17) is 0 Å². The number of aromatic nitrogens is 2. The number of nitrogens with zero attached hydrogens (tertiary/aromatic N) is 4. The zero-order valence-corrected chi connectivity index (χ0v) is 13.7. The Bertz CT molecular complexity index is 448. The van der Waals surface area contributed by atoms with Crippen LogP contribution in [0.15, 0.2) is 10.7 Å². The van der Waals surface area contributed by atoms with Gasteiger partial charge in [0.2, 0.25) is 5.91 Å². The molecule has 0 fully saturated rings. The highest BCUT2D eigenvalue weighted by Gasteiger charge is 2.15. The highest BCUT2D eigenvalue weighted by atomic mass is 79.9. The zero-order valence-electron chi connectivity index (χ0n) is 12.1. The van der Waals surface area contributed by atoms with Crippen LogP contribution < -0.4 is 4.90 Å². The Morgan fingerprint density at radius 1 is 1.37 bits per heavy atom. The molecule has 0 aliphatic carbocycles. The van der Waals surface area contributed by atoms with Crippen molar-refractivity contribution in [2.24, 2.45) is 0 Å². The first-order valence-corrected chi connectivity index (χ1v) is 7.14. The van der Waals surface area contributed by atoms with E-state index in [9.17, 15) is 4.79 Å². The van der Waals surface area contributed by atoms with Gasteiger partial charge in [0, 0.05) is 32.6 Å². The fourth-order valence-corrected chi connectivity index (χ4v) is 1.89. The summed E-state index contributed by atoms with van der Waals surface area (Å²) in [5, 5.41) is 0. The van der Waals surface area contributed by atoms with E-state index in [2.05, 4.69) is 25.9 Å². The molecule has 1 heterocycles. The van der Waals surface area contributed by atoms with Crippen LogP contribution in [0.2, 0.25) is 0 Å². The van der Waals surface area contributed by atoms with Crippen LogP contribution in [-0.2, 0) is 4.79 Å². The van der Waals surface area contributed by atoms with E-state index in [1.165, 1.54) is 0 Å². The van der Waals surface area contributed by atoms with Crippen LogP contribution in [0, 0.1) is 0 Å². The molecule has 0 aliphatic rings. The Morgan fingerprint density at radius 2 is 2.00 bits per heavy atom. The van der Waals surface area contributed by atoms with Crippen molar-refractivity contribution in [1.82, 2.24) is 14.9 Å². The maximum Gasteiger partial charge on any atom is 0.241 e. The topological polar surface area (TPSA) is 49.3 Å². The van der Waals surface area contributed by atoms with Crippen molar-refractivity contribution in [3.63, 3.8) is 0 Å². The standard InChI is InChI=1S/C13H21BrN4O/c1-6-18(8-12(19)17(4)5)11-7-10(14)15-13(16-11)9(2)3/h7,9H,6,8H2,1-5H3. The highest BCUT2D eigenvalue weighted by Crippen LogP contribution is 2.20. The smallest absolute Gasteiger partial charge is 0.241 e. The first-order chi connectivity index (χ1) is 8.85. The molecule has 0 bridgehead atoms. The molecule has 0 unspecified atom stereocenters. The van der Waals surface area contributed by atoms with Gasteiger partial charge in [0.25, 0.3) is 0 Å². The summed E-state index contributed by atoms with van der Waals surface area (Å²) in [5.74, 6) is 1.87. The normalized spacial score (nSPS) is 10.7. The summed E-state index contributed by atoms with van der Waals surface area (Å²) in [6, 6.07) is 1.85. The minimum absolute atomic E-state index is 0.0580. The van der Waals surface area contributed by atoms with Gasteiger partial charge in [0.1, 0.15) is 16.2 Å². The van der Waals surface area contributed by atoms with E-state index in [1.54, 1.807) is 19.0 Å². The van der Waals surface area contributed by atoms with Crippen molar-refractivity contribution in [2.45, 2.75) is 26.7 Å². The highest BCUT2D eigenvalue weighted by molar-refractivity contribution is 9.10. The number of likely N-dealkylation sites (N-methyl/N-ethyl adjacent to an activating group) is 2. The van der Waals surface area contributed by atoms with Gasteiger partial charge in [-0.15, -0.1) is 0 Å². The summed E-state index contributed by atoms with van der Waals surface area (Å²) in [5.41, 5.74) is 0. The Labute approximate surface area is 123 Å². The van der Waals surface area contributed by atoms with E-state index in [1.807, 2.05) is 31.7 Å². The molecule has 0 saturated heterocycles. The van der Waals surface area contributed by atoms with Crippen LogP contribution in [-0.4, -0.2) is 48.0 Å². The van der Waals surface area contributed by atoms with Gasteiger partial charge in [0.05, 0.1) is 6.54 Å². The van der Waals surface area contributed by atoms with Crippen molar-refractivity contribution in [1.29, 1.82) is 0 Å². The molecule has 1 amide bonds. The Kier molecular flexibility index (Phi) is 5.72. The summed E-state index contributed by atoms with van der Waals surface area (Å²) in [7, 11) is 3.51. The fourth-order valence-electron chi connectivity index (χ4n) is 1.50. The van der Waals surface area contributed by atoms with Crippen molar-refractivity contribution in [2.75, 3.05) is 32.1 Å². The van der Waals surface area contributed by atoms with Crippen LogP contribution in [0.3, 0.4) is 0 Å². The van der Waals surface area contributed by atoms with Gasteiger partial charge in [-0.2, -0.15) is 0 Å². The molecule has 0 saturated carbocycles. The van der Waals surface area contributed by atoms with Gasteiger partial charge in [-0.05, 0) is 22.9 Å². The molecule has 0 spiro atoms. The van der Waals surface area contributed by atoms with E-state index in [0.717, 1.165) is 22.8 Å². The third kappa shape index (κ3) is 4.45. The lowest BCUT2D eigenvalue weighted by atomic mass is 10.2. The maximum absolute atomic E-state index is 11.8. The van der Waals surface area contributed by atoms with Gasteiger partial charge >= 0.3 is 0 Å². The van der Waals surface area contributed by atoms with Crippen molar-refractivity contribution >= 4 is 27.7 Å². The van der Waals surface area contributed by atoms with E-state index in [0.29, 0.717) is 6.54 Å². The molecule has 0 radical (unpaired) electrons. The zero-order chi connectivity index (χ0) is 14.6. The van der Waals surface area contributed by atoms with Gasteiger partial charge in [-0.1, -0.05) is 13.8 Å². The van der Waals surface area contributed by atoms with Crippen LogP contribution >= 0.6 is 15.9 Å². The predicted octanol–water partition coefficient (Wildman–Crippen LogP) is 2.28. The number of rotatable bonds is 5. The molecule has 6 heteroatoms. The van der Waals surface area contributed by atoms with Crippen molar-refractivity contribution < 1.29 is 4.79 Å². The maximum atomic E-state index is 11.8. The molecule has 1 aromatic heterocycles. The number of carbonyl (C=O) groups excluding carboxylic acids is 1. The Balaban J connectivity index is 3.01. The molecule has 0 aromatic carbocycles. The SMILES string of the molecule is CCN(CC(=O)N(C)C)c1cc(Br)nc(C(C)C)n1. The third-order valence-corrected chi connectivity index (χ3v) is 3.15. The second kappa shape index (κ2) is 6.84. The summed E-state index contributed by atoms with van der Waals surface area (Å²) >= 11 is 3.40. The molecule has 5 nitrogen and oxygen atoms in total. The Morgan fingerprint density at radius 3 is 2.47 bits per heavy atom. The molecule has 19 heavy (non-hydrogen) atoms. The number of carbonyl (C=O) groups is 1. The molecule has 0 N–H and O–H groups in total.